The zero-order chi connectivity index (χ0) is 13.8. The van der Waals surface area contributed by atoms with Gasteiger partial charge in [-0.15, -0.1) is 0 Å². The number of nitrogens with zero attached hydrogens (tertiary/aromatic N) is 2. The summed E-state index contributed by atoms with van der Waals surface area (Å²) in [5.74, 6) is 5.17. The van der Waals surface area contributed by atoms with Crippen molar-refractivity contribution in [2.75, 3.05) is 26.1 Å². The molecule has 0 saturated carbocycles. The molecule has 0 fully saturated rings. The summed E-state index contributed by atoms with van der Waals surface area (Å²) in [5, 5.41) is 2.89. The highest BCUT2D eigenvalue weighted by molar-refractivity contribution is 5.99. The van der Waals surface area contributed by atoms with Crippen molar-refractivity contribution in [1.82, 2.24) is 15.2 Å². The topological polar surface area (TPSA) is 83.3 Å². The van der Waals surface area contributed by atoms with E-state index in [0.717, 1.165) is 0 Å². The number of nitrogens with two attached hydrogens (primary N) is 1. The van der Waals surface area contributed by atoms with Crippen molar-refractivity contribution in [1.29, 1.82) is 0 Å². The van der Waals surface area contributed by atoms with E-state index < -0.39 is 0 Å². The molecule has 1 rings (SSSR count). The number of hydrazine groups is 1. The molecule has 0 atom stereocenters. The molecule has 100 valence electrons. The van der Waals surface area contributed by atoms with E-state index in [9.17, 15) is 4.79 Å². The van der Waals surface area contributed by atoms with Gasteiger partial charge < -0.3 is 15.6 Å². The summed E-state index contributed by atoms with van der Waals surface area (Å²) in [5.41, 5.74) is 3.35. The summed E-state index contributed by atoms with van der Waals surface area (Å²) in [6.45, 7) is 4.66. The SMILES string of the molecule is CN(C)C(C)(C)CNC(=O)c1ccncc1NN. The maximum atomic E-state index is 12.0. The Morgan fingerprint density at radius 1 is 1.50 bits per heavy atom. The predicted octanol–water partition coefficient (Wildman–Crippen LogP) is 0.437. The van der Waals surface area contributed by atoms with Crippen LogP contribution in [0, 0.1) is 0 Å². The van der Waals surface area contributed by atoms with Gasteiger partial charge in [0.15, 0.2) is 0 Å². The average molecular weight is 251 g/mol. The second-order valence-corrected chi connectivity index (χ2v) is 4.96. The summed E-state index contributed by atoms with van der Waals surface area (Å²) in [6.07, 6.45) is 3.08. The molecule has 1 aromatic rings. The van der Waals surface area contributed by atoms with Gasteiger partial charge in [-0.25, -0.2) is 0 Å². The lowest BCUT2D eigenvalue weighted by Crippen LogP contribution is -2.48. The van der Waals surface area contributed by atoms with E-state index in [2.05, 4.69) is 34.5 Å². The lowest BCUT2D eigenvalue weighted by molar-refractivity contribution is 0.0920. The van der Waals surface area contributed by atoms with E-state index in [1.54, 1.807) is 12.3 Å². The van der Waals surface area contributed by atoms with Crippen molar-refractivity contribution < 1.29 is 4.79 Å². The molecule has 6 heteroatoms. The van der Waals surface area contributed by atoms with Crippen molar-refractivity contribution in [2.45, 2.75) is 19.4 Å². The number of nitrogens with one attached hydrogen (secondary N) is 2. The van der Waals surface area contributed by atoms with Crippen LogP contribution < -0.4 is 16.6 Å². The Balaban J connectivity index is 2.72. The van der Waals surface area contributed by atoms with Crippen molar-refractivity contribution in [2.24, 2.45) is 5.84 Å². The van der Waals surface area contributed by atoms with Gasteiger partial charge in [-0.1, -0.05) is 0 Å². The number of likely N-dealkylation sites (N-methyl/N-ethyl adjacent to an activating group) is 1. The van der Waals surface area contributed by atoms with Crippen LogP contribution in [0.2, 0.25) is 0 Å². The van der Waals surface area contributed by atoms with Crippen LogP contribution in [0.15, 0.2) is 18.5 Å². The molecule has 0 aliphatic rings. The standard InChI is InChI=1S/C12H21N5O/c1-12(2,17(3)4)8-15-11(18)9-5-6-14-7-10(9)16-13/h5-7,16H,8,13H2,1-4H3,(H,15,18). The molecule has 4 N–H and O–H groups in total. The Kier molecular flexibility index (Phi) is 4.63. The number of hydrogen-bond donors (Lipinski definition) is 3. The number of hydrogen-bond acceptors (Lipinski definition) is 5. The van der Waals surface area contributed by atoms with Gasteiger partial charge in [-0.3, -0.25) is 15.6 Å². The van der Waals surface area contributed by atoms with Crippen LogP contribution in [0.1, 0.15) is 24.2 Å². The number of carbonyl (C=O) groups is 1. The Morgan fingerprint density at radius 2 is 2.17 bits per heavy atom. The molecule has 1 heterocycles. The minimum Gasteiger partial charge on any atom is -0.350 e. The summed E-state index contributed by atoms with van der Waals surface area (Å²) >= 11 is 0. The fourth-order valence-electron chi connectivity index (χ4n) is 1.26. The average Bonchev–Trinajstić information content (AvgIpc) is 2.35. The first-order valence-electron chi connectivity index (χ1n) is 5.75. The quantitative estimate of drug-likeness (QED) is 0.522. The van der Waals surface area contributed by atoms with Gasteiger partial charge in [0.2, 0.25) is 0 Å². The van der Waals surface area contributed by atoms with E-state index in [4.69, 9.17) is 5.84 Å². The maximum absolute atomic E-state index is 12.0. The number of aromatic nitrogens is 1. The van der Waals surface area contributed by atoms with Crippen molar-refractivity contribution in [3.63, 3.8) is 0 Å². The molecule has 1 amide bonds. The highest BCUT2D eigenvalue weighted by Gasteiger charge is 2.22. The minimum absolute atomic E-state index is 0.112. The minimum atomic E-state index is -0.166. The van der Waals surface area contributed by atoms with Gasteiger partial charge in [0, 0.05) is 18.3 Å². The van der Waals surface area contributed by atoms with Crippen LogP contribution in [-0.4, -0.2) is 42.0 Å². The largest absolute Gasteiger partial charge is 0.350 e. The second kappa shape index (κ2) is 5.79. The summed E-state index contributed by atoms with van der Waals surface area (Å²) in [7, 11) is 3.96. The third kappa shape index (κ3) is 3.41. The smallest absolute Gasteiger partial charge is 0.253 e. The van der Waals surface area contributed by atoms with Crippen LogP contribution in [0.5, 0.6) is 0 Å². The number of pyridine rings is 1. The van der Waals surface area contributed by atoms with Gasteiger partial charge >= 0.3 is 0 Å². The van der Waals surface area contributed by atoms with Crippen LogP contribution >= 0.6 is 0 Å². The fraction of sp³-hybridized carbons (Fsp3) is 0.500. The van der Waals surface area contributed by atoms with E-state index in [1.807, 2.05) is 14.1 Å². The van der Waals surface area contributed by atoms with Crippen molar-refractivity contribution in [3.8, 4) is 0 Å². The van der Waals surface area contributed by atoms with Crippen molar-refractivity contribution in [3.05, 3.63) is 24.0 Å². The summed E-state index contributed by atoms with van der Waals surface area (Å²) in [6, 6.07) is 1.63. The third-order valence-corrected chi connectivity index (χ3v) is 3.11. The monoisotopic (exact) mass is 251 g/mol. The normalized spacial score (nSPS) is 11.4. The molecule has 1 aromatic heterocycles. The molecule has 0 saturated heterocycles. The molecule has 0 spiro atoms. The van der Waals surface area contributed by atoms with Crippen LogP contribution in [0.25, 0.3) is 0 Å². The second-order valence-electron chi connectivity index (χ2n) is 4.96. The predicted molar refractivity (Wildman–Crippen MR) is 72.1 cm³/mol. The van der Waals surface area contributed by atoms with Gasteiger partial charge in [-0.05, 0) is 34.0 Å². The van der Waals surface area contributed by atoms with Crippen LogP contribution in [0.4, 0.5) is 5.69 Å². The Morgan fingerprint density at radius 3 is 2.72 bits per heavy atom. The molecule has 0 aliphatic carbocycles. The molecule has 0 radical (unpaired) electrons. The molecule has 18 heavy (non-hydrogen) atoms. The molecule has 0 bridgehead atoms. The lowest BCUT2D eigenvalue weighted by Gasteiger charge is -2.32. The highest BCUT2D eigenvalue weighted by Crippen LogP contribution is 2.13. The molecule has 6 nitrogen and oxygen atoms in total. The van der Waals surface area contributed by atoms with Gasteiger partial charge in [0.25, 0.3) is 5.91 Å². The molecular weight excluding hydrogens is 230 g/mol. The van der Waals surface area contributed by atoms with Gasteiger partial charge in [0.1, 0.15) is 0 Å². The zero-order valence-electron chi connectivity index (χ0n) is 11.3. The first-order valence-corrected chi connectivity index (χ1v) is 5.75. The van der Waals surface area contributed by atoms with Crippen molar-refractivity contribution >= 4 is 11.6 Å². The number of carbonyl (C=O) groups excluding carboxylic acids is 1. The van der Waals surface area contributed by atoms with Crippen LogP contribution in [-0.2, 0) is 0 Å². The molecule has 0 unspecified atom stereocenters. The first kappa shape index (κ1) is 14.4. The Bertz CT molecular complexity index is 417. The van der Waals surface area contributed by atoms with E-state index in [0.29, 0.717) is 17.8 Å². The zero-order valence-corrected chi connectivity index (χ0v) is 11.3. The first-order chi connectivity index (χ1) is 8.38. The number of amides is 1. The third-order valence-electron chi connectivity index (χ3n) is 3.11. The van der Waals surface area contributed by atoms with E-state index in [1.165, 1.54) is 6.20 Å². The van der Waals surface area contributed by atoms with Crippen LogP contribution in [0.3, 0.4) is 0 Å². The molecule has 0 aliphatic heterocycles. The highest BCUT2D eigenvalue weighted by atomic mass is 16.1. The molecular formula is C12H21N5O. The Hall–Kier alpha value is -1.66. The maximum Gasteiger partial charge on any atom is 0.253 e. The lowest BCUT2D eigenvalue weighted by atomic mass is 10.0. The van der Waals surface area contributed by atoms with Gasteiger partial charge in [-0.2, -0.15) is 0 Å². The number of rotatable bonds is 5. The summed E-state index contributed by atoms with van der Waals surface area (Å²) in [4.78, 5) is 18.0. The van der Waals surface area contributed by atoms with E-state index >= 15 is 0 Å². The van der Waals surface area contributed by atoms with Gasteiger partial charge in [0.05, 0.1) is 17.4 Å². The van der Waals surface area contributed by atoms with E-state index in [-0.39, 0.29) is 11.4 Å². The fourth-order valence-corrected chi connectivity index (χ4v) is 1.26. The number of nitrogen functional groups attached to an aromatic ring is 1. The molecule has 0 aromatic carbocycles. The Labute approximate surface area is 108 Å². The number of anilines is 1. The summed E-state index contributed by atoms with van der Waals surface area (Å²) < 4.78 is 0.